The molecular formula is C13H15Cl2NO2. The minimum absolute atomic E-state index is 0.0956. The molecule has 0 spiro atoms. The highest BCUT2D eigenvalue weighted by atomic mass is 35.5. The van der Waals surface area contributed by atoms with E-state index >= 15 is 0 Å². The van der Waals surface area contributed by atoms with Gasteiger partial charge in [0, 0.05) is 22.5 Å². The van der Waals surface area contributed by atoms with Crippen LogP contribution in [0.5, 0.6) is 0 Å². The van der Waals surface area contributed by atoms with Crippen LogP contribution < -0.4 is 5.32 Å². The monoisotopic (exact) mass is 287 g/mol. The summed E-state index contributed by atoms with van der Waals surface area (Å²) >= 11 is 11.9. The smallest absolute Gasteiger partial charge is 0.144 e. The second-order valence-corrected chi connectivity index (χ2v) is 5.26. The largest absolute Gasteiger partial charge is 0.379 e. The number of likely N-dealkylation sites (N-methyl/N-ethyl adjacent to an activating group) is 1. The molecule has 1 fully saturated rings. The molecule has 3 nitrogen and oxygen atoms in total. The molecule has 0 bridgehead atoms. The van der Waals surface area contributed by atoms with Crippen molar-refractivity contribution in [2.75, 3.05) is 20.3 Å². The van der Waals surface area contributed by atoms with E-state index in [2.05, 4.69) is 5.32 Å². The fourth-order valence-corrected chi connectivity index (χ4v) is 2.62. The van der Waals surface area contributed by atoms with Crippen LogP contribution in [0.4, 0.5) is 0 Å². The Morgan fingerprint density at radius 1 is 1.44 bits per heavy atom. The Morgan fingerprint density at radius 2 is 2.22 bits per heavy atom. The number of ether oxygens (including phenoxy) is 1. The van der Waals surface area contributed by atoms with E-state index in [9.17, 15) is 4.79 Å². The van der Waals surface area contributed by atoms with Crippen molar-refractivity contribution in [3.8, 4) is 0 Å². The second kappa shape index (κ2) is 6.02. The predicted molar refractivity (Wildman–Crippen MR) is 72.3 cm³/mol. The van der Waals surface area contributed by atoms with Crippen molar-refractivity contribution in [3.63, 3.8) is 0 Å². The van der Waals surface area contributed by atoms with Gasteiger partial charge in [0.15, 0.2) is 0 Å². The summed E-state index contributed by atoms with van der Waals surface area (Å²) in [7, 11) is 1.84. The number of carbonyl (C=O) groups excluding carboxylic acids is 1. The van der Waals surface area contributed by atoms with Gasteiger partial charge in [0.05, 0.1) is 19.1 Å². The van der Waals surface area contributed by atoms with Crippen molar-refractivity contribution in [2.45, 2.75) is 12.5 Å². The van der Waals surface area contributed by atoms with E-state index < -0.39 is 0 Å². The third-order valence-corrected chi connectivity index (χ3v) is 3.83. The first kappa shape index (κ1) is 13.8. The maximum Gasteiger partial charge on any atom is 0.144 e. The lowest BCUT2D eigenvalue weighted by atomic mass is 9.94. The van der Waals surface area contributed by atoms with Gasteiger partial charge in [-0.3, -0.25) is 4.79 Å². The summed E-state index contributed by atoms with van der Waals surface area (Å²) in [6, 6.07) is 5.30. The van der Waals surface area contributed by atoms with Gasteiger partial charge in [-0.2, -0.15) is 0 Å². The van der Waals surface area contributed by atoms with Crippen LogP contribution >= 0.6 is 23.2 Å². The second-order valence-electron chi connectivity index (χ2n) is 4.42. The zero-order valence-electron chi connectivity index (χ0n) is 10.1. The summed E-state index contributed by atoms with van der Waals surface area (Å²) in [4.78, 5) is 12.2. The van der Waals surface area contributed by atoms with Crippen molar-refractivity contribution in [1.82, 2.24) is 5.32 Å². The van der Waals surface area contributed by atoms with E-state index in [1.807, 2.05) is 7.05 Å². The lowest BCUT2D eigenvalue weighted by Gasteiger charge is -2.15. The number of hydrogen-bond acceptors (Lipinski definition) is 3. The van der Waals surface area contributed by atoms with Crippen molar-refractivity contribution >= 4 is 29.0 Å². The Balaban J connectivity index is 2.07. The third kappa shape index (κ3) is 3.04. The summed E-state index contributed by atoms with van der Waals surface area (Å²) in [5, 5.41) is 4.22. The highest BCUT2D eigenvalue weighted by molar-refractivity contribution is 6.35. The first-order valence-corrected chi connectivity index (χ1v) is 6.59. The predicted octanol–water partition coefficient (Wildman–Crippen LogP) is 2.34. The van der Waals surface area contributed by atoms with Gasteiger partial charge < -0.3 is 10.1 Å². The number of ketones is 1. The Morgan fingerprint density at radius 3 is 2.89 bits per heavy atom. The summed E-state index contributed by atoms with van der Waals surface area (Å²) in [5.41, 5.74) is 0.813. The molecule has 2 rings (SSSR count). The lowest BCUT2D eigenvalue weighted by molar-refractivity contribution is -0.122. The SMILES string of the molecule is CNC1COCC1C(=O)Cc1ccc(Cl)cc1Cl. The first-order chi connectivity index (χ1) is 8.61. The molecule has 1 aromatic rings. The van der Waals surface area contributed by atoms with E-state index in [-0.39, 0.29) is 17.7 Å². The molecule has 0 amide bonds. The molecule has 1 N–H and O–H groups in total. The maximum atomic E-state index is 12.2. The van der Waals surface area contributed by atoms with E-state index in [4.69, 9.17) is 27.9 Å². The molecule has 0 aromatic heterocycles. The molecule has 1 aromatic carbocycles. The standard InChI is InChI=1S/C13H15Cl2NO2/c1-16-12-7-18-6-10(12)13(17)4-8-2-3-9(14)5-11(8)15/h2-3,5,10,12,16H,4,6-7H2,1H3. The number of carbonyl (C=O) groups is 1. The van der Waals surface area contributed by atoms with Gasteiger partial charge in [-0.15, -0.1) is 0 Å². The van der Waals surface area contributed by atoms with Crippen LogP contribution in [0.2, 0.25) is 10.0 Å². The Labute approximate surface area is 116 Å². The van der Waals surface area contributed by atoms with Crippen LogP contribution in [0.1, 0.15) is 5.56 Å². The van der Waals surface area contributed by atoms with Crippen LogP contribution in [0.3, 0.4) is 0 Å². The van der Waals surface area contributed by atoms with Crippen LogP contribution in [0, 0.1) is 5.92 Å². The maximum absolute atomic E-state index is 12.2. The van der Waals surface area contributed by atoms with Crippen LogP contribution in [-0.2, 0) is 16.0 Å². The van der Waals surface area contributed by atoms with Crippen LogP contribution in [0.15, 0.2) is 18.2 Å². The van der Waals surface area contributed by atoms with Gasteiger partial charge in [0.25, 0.3) is 0 Å². The molecule has 1 saturated heterocycles. The van der Waals surface area contributed by atoms with Gasteiger partial charge >= 0.3 is 0 Å². The van der Waals surface area contributed by atoms with E-state index in [0.29, 0.717) is 29.7 Å². The molecule has 0 aliphatic carbocycles. The van der Waals surface area contributed by atoms with Crippen molar-refractivity contribution in [2.24, 2.45) is 5.92 Å². The summed E-state index contributed by atoms with van der Waals surface area (Å²) in [5.74, 6) is 0.0535. The number of nitrogens with one attached hydrogen (secondary N) is 1. The van der Waals surface area contributed by atoms with Gasteiger partial charge in [-0.05, 0) is 24.7 Å². The number of benzene rings is 1. The van der Waals surface area contributed by atoms with Crippen molar-refractivity contribution < 1.29 is 9.53 Å². The molecule has 1 aliphatic rings. The van der Waals surface area contributed by atoms with Crippen molar-refractivity contribution in [3.05, 3.63) is 33.8 Å². The molecule has 0 radical (unpaired) electrons. The van der Waals surface area contributed by atoms with E-state index in [1.54, 1.807) is 18.2 Å². The van der Waals surface area contributed by atoms with Gasteiger partial charge in [0.1, 0.15) is 5.78 Å². The molecule has 1 aliphatic heterocycles. The fraction of sp³-hybridized carbons (Fsp3) is 0.462. The van der Waals surface area contributed by atoms with E-state index in [1.165, 1.54) is 0 Å². The quantitative estimate of drug-likeness (QED) is 0.924. The molecular weight excluding hydrogens is 273 g/mol. The summed E-state index contributed by atoms with van der Waals surface area (Å²) in [6.07, 6.45) is 0.322. The van der Waals surface area contributed by atoms with Crippen LogP contribution in [0.25, 0.3) is 0 Å². The number of hydrogen-bond donors (Lipinski definition) is 1. The van der Waals surface area contributed by atoms with Gasteiger partial charge in [-0.25, -0.2) is 0 Å². The number of halogens is 2. The minimum Gasteiger partial charge on any atom is -0.379 e. The molecule has 1 heterocycles. The molecule has 2 atom stereocenters. The molecule has 98 valence electrons. The zero-order valence-corrected chi connectivity index (χ0v) is 11.6. The Bertz CT molecular complexity index is 451. The Kier molecular flexibility index (Phi) is 4.62. The third-order valence-electron chi connectivity index (χ3n) is 3.24. The number of rotatable bonds is 4. The summed E-state index contributed by atoms with van der Waals surface area (Å²) < 4.78 is 5.33. The van der Waals surface area contributed by atoms with Crippen LogP contribution in [-0.4, -0.2) is 32.1 Å². The van der Waals surface area contributed by atoms with E-state index in [0.717, 1.165) is 5.56 Å². The van der Waals surface area contributed by atoms with Gasteiger partial charge in [-0.1, -0.05) is 29.3 Å². The van der Waals surface area contributed by atoms with Crippen molar-refractivity contribution in [1.29, 1.82) is 0 Å². The summed E-state index contributed by atoms with van der Waals surface area (Å²) in [6.45, 7) is 1.07. The minimum atomic E-state index is -0.0956. The Hall–Kier alpha value is -0.610. The molecule has 18 heavy (non-hydrogen) atoms. The topological polar surface area (TPSA) is 38.3 Å². The highest BCUT2D eigenvalue weighted by Crippen LogP contribution is 2.24. The normalized spacial score (nSPS) is 23.3. The highest BCUT2D eigenvalue weighted by Gasteiger charge is 2.32. The van der Waals surface area contributed by atoms with Gasteiger partial charge in [0.2, 0.25) is 0 Å². The average molecular weight is 288 g/mol. The average Bonchev–Trinajstić information content (AvgIpc) is 2.81. The molecule has 2 unspecified atom stereocenters. The zero-order chi connectivity index (χ0) is 13.1. The number of Topliss-reactive ketones (excluding diaryl/α,β-unsaturated/α-hetero) is 1. The molecule has 5 heteroatoms. The first-order valence-electron chi connectivity index (χ1n) is 5.83. The fourth-order valence-electron chi connectivity index (χ4n) is 2.14. The molecule has 0 saturated carbocycles. The lowest BCUT2D eigenvalue weighted by Crippen LogP contribution is -2.37.